The largest absolute Gasteiger partial charge is 0.396 e. The SMILES string of the molecule is Nc1c(Cl)ccc2c3n(nc12)CC1(CC1)OC3. The van der Waals surface area contributed by atoms with Gasteiger partial charge in [-0.2, -0.15) is 5.10 Å². The number of rotatable bonds is 0. The van der Waals surface area contributed by atoms with E-state index in [4.69, 9.17) is 22.1 Å². The van der Waals surface area contributed by atoms with E-state index in [1.165, 1.54) is 0 Å². The highest BCUT2D eigenvalue weighted by atomic mass is 35.5. The molecule has 17 heavy (non-hydrogen) atoms. The third kappa shape index (κ3) is 1.25. The van der Waals surface area contributed by atoms with Crippen LogP contribution in [0.3, 0.4) is 0 Å². The van der Waals surface area contributed by atoms with Gasteiger partial charge in [0.05, 0.1) is 35.2 Å². The molecule has 1 aliphatic carbocycles. The van der Waals surface area contributed by atoms with Gasteiger partial charge in [-0.15, -0.1) is 0 Å². The summed E-state index contributed by atoms with van der Waals surface area (Å²) >= 11 is 6.01. The molecule has 1 spiro atoms. The Morgan fingerprint density at radius 2 is 2.24 bits per heavy atom. The third-order valence-electron chi connectivity index (χ3n) is 3.77. The predicted octanol–water partition coefficient (Wildman–Crippen LogP) is 2.33. The highest BCUT2D eigenvalue weighted by molar-refractivity contribution is 6.34. The lowest BCUT2D eigenvalue weighted by atomic mass is 10.1. The fraction of sp³-hybridized carbons (Fsp3) is 0.417. The molecule has 0 unspecified atom stereocenters. The van der Waals surface area contributed by atoms with Crippen LogP contribution in [0, 0.1) is 0 Å². The number of hydrogen-bond donors (Lipinski definition) is 1. The zero-order valence-electron chi connectivity index (χ0n) is 9.24. The Morgan fingerprint density at radius 1 is 1.41 bits per heavy atom. The Morgan fingerprint density at radius 3 is 3.00 bits per heavy atom. The first-order chi connectivity index (χ1) is 8.19. The summed E-state index contributed by atoms with van der Waals surface area (Å²) in [4.78, 5) is 0. The van der Waals surface area contributed by atoms with Crippen LogP contribution in [0.15, 0.2) is 12.1 Å². The molecule has 1 aromatic carbocycles. The molecule has 0 radical (unpaired) electrons. The van der Waals surface area contributed by atoms with E-state index >= 15 is 0 Å². The molecule has 1 fully saturated rings. The van der Waals surface area contributed by atoms with Crippen molar-refractivity contribution in [2.45, 2.75) is 31.6 Å². The van der Waals surface area contributed by atoms with Crippen LogP contribution in [0.4, 0.5) is 5.69 Å². The maximum atomic E-state index is 6.01. The van der Waals surface area contributed by atoms with Crippen molar-refractivity contribution < 1.29 is 4.74 Å². The van der Waals surface area contributed by atoms with Crippen molar-refractivity contribution in [1.82, 2.24) is 9.78 Å². The molecular weight excluding hydrogens is 238 g/mol. The van der Waals surface area contributed by atoms with E-state index in [0.29, 0.717) is 17.3 Å². The Hall–Kier alpha value is -1.26. The van der Waals surface area contributed by atoms with Crippen LogP contribution in [0.25, 0.3) is 10.9 Å². The van der Waals surface area contributed by atoms with Crippen molar-refractivity contribution in [1.29, 1.82) is 0 Å². The van der Waals surface area contributed by atoms with Gasteiger partial charge in [0.1, 0.15) is 5.52 Å². The van der Waals surface area contributed by atoms with Crippen LogP contribution in [0.5, 0.6) is 0 Å². The van der Waals surface area contributed by atoms with Gasteiger partial charge in [-0.3, -0.25) is 4.68 Å². The van der Waals surface area contributed by atoms with E-state index < -0.39 is 0 Å². The Bertz CT molecular complexity index is 630. The molecule has 1 aromatic heterocycles. The molecule has 5 heteroatoms. The van der Waals surface area contributed by atoms with E-state index in [1.54, 1.807) is 0 Å². The normalized spacial score (nSPS) is 20.8. The summed E-state index contributed by atoms with van der Waals surface area (Å²) in [6.45, 7) is 1.46. The lowest BCUT2D eigenvalue weighted by molar-refractivity contribution is -0.0189. The van der Waals surface area contributed by atoms with Crippen molar-refractivity contribution in [3.63, 3.8) is 0 Å². The second-order valence-corrected chi connectivity index (χ2v) is 5.34. The minimum Gasteiger partial charge on any atom is -0.396 e. The van der Waals surface area contributed by atoms with Crippen molar-refractivity contribution in [3.8, 4) is 0 Å². The molecule has 2 heterocycles. The molecule has 88 valence electrons. The van der Waals surface area contributed by atoms with Gasteiger partial charge in [0, 0.05) is 5.39 Å². The average Bonchev–Trinajstić information content (AvgIpc) is 2.95. The average molecular weight is 250 g/mol. The summed E-state index contributed by atoms with van der Waals surface area (Å²) in [6, 6.07) is 3.80. The van der Waals surface area contributed by atoms with E-state index in [9.17, 15) is 0 Å². The van der Waals surface area contributed by atoms with Crippen molar-refractivity contribution in [2.24, 2.45) is 0 Å². The zero-order chi connectivity index (χ0) is 11.6. The number of halogens is 1. The number of fused-ring (bicyclic) bond motifs is 3. The first-order valence-electron chi connectivity index (χ1n) is 5.76. The number of anilines is 1. The molecule has 0 atom stereocenters. The first-order valence-corrected chi connectivity index (χ1v) is 6.14. The summed E-state index contributed by atoms with van der Waals surface area (Å²) in [5, 5.41) is 6.20. The molecule has 0 bridgehead atoms. The van der Waals surface area contributed by atoms with E-state index in [-0.39, 0.29) is 5.60 Å². The molecule has 4 rings (SSSR count). The quantitative estimate of drug-likeness (QED) is 0.729. The zero-order valence-corrected chi connectivity index (χ0v) is 10.00. The third-order valence-corrected chi connectivity index (χ3v) is 4.10. The molecular formula is C12H12ClN3O. The number of hydrogen-bond acceptors (Lipinski definition) is 3. The van der Waals surface area contributed by atoms with Crippen LogP contribution in [0.1, 0.15) is 18.5 Å². The molecule has 0 saturated heterocycles. The lowest BCUT2D eigenvalue weighted by Crippen LogP contribution is -2.29. The van der Waals surface area contributed by atoms with Gasteiger partial charge in [-0.1, -0.05) is 11.6 Å². The summed E-state index contributed by atoms with van der Waals surface area (Å²) < 4.78 is 7.94. The highest BCUT2D eigenvalue weighted by Crippen LogP contribution is 2.45. The van der Waals surface area contributed by atoms with Gasteiger partial charge in [-0.25, -0.2) is 0 Å². The molecule has 2 aliphatic rings. The summed E-state index contributed by atoms with van der Waals surface area (Å²) in [7, 11) is 0. The van der Waals surface area contributed by atoms with Crippen LogP contribution in [-0.2, 0) is 17.9 Å². The van der Waals surface area contributed by atoms with Crippen LogP contribution >= 0.6 is 11.6 Å². The maximum Gasteiger partial charge on any atom is 0.117 e. The fourth-order valence-electron chi connectivity index (χ4n) is 2.51. The molecule has 2 aromatic rings. The van der Waals surface area contributed by atoms with Gasteiger partial charge < -0.3 is 10.5 Å². The van der Waals surface area contributed by atoms with Crippen molar-refractivity contribution >= 4 is 28.2 Å². The van der Waals surface area contributed by atoms with Crippen molar-refractivity contribution in [2.75, 3.05) is 5.73 Å². The standard InChI is InChI=1S/C12H12ClN3O/c13-8-2-1-7-9-5-17-12(3-4-12)6-16(9)15-11(7)10(8)14/h1-2H,3-6,14H2. The number of benzene rings is 1. The topological polar surface area (TPSA) is 53.1 Å². The van der Waals surface area contributed by atoms with Crippen LogP contribution < -0.4 is 5.73 Å². The number of ether oxygens (including phenoxy) is 1. The molecule has 1 aliphatic heterocycles. The minimum absolute atomic E-state index is 0.0631. The van der Waals surface area contributed by atoms with Crippen LogP contribution in [0.2, 0.25) is 5.02 Å². The van der Waals surface area contributed by atoms with Gasteiger partial charge >= 0.3 is 0 Å². The van der Waals surface area contributed by atoms with Gasteiger partial charge in [0.2, 0.25) is 0 Å². The summed E-state index contributed by atoms with van der Waals surface area (Å²) in [6.07, 6.45) is 2.28. The number of nitrogen functional groups attached to an aromatic ring is 1. The Balaban J connectivity index is 1.96. The molecule has 1 saturated carbocycles. The van der Waals surface area contributed by atoms with E-state index in [0.717, 1.165) is 36.0 Å². The Kier molecular flexibility index (Phi) is 1.69. The minimum atomic E-state index is 0.0631. The second-order valence-electron chi connectivity index (χ2n) is 4.93. The molecule has 0 amide bonds. The molecule has 4 nitrogen and oxygen atoms in total. The number of nitrogens with zero attached hydrogens (tertiary/aromatic N) is 2. The number of nitrogens with two attached hydrogens (primary N) is 1. The first kappa shape index (κ1) is 9.74. The summed E-state index contributed by atoms with van der Waals surface area (Å²) in [5.74, 6) is 0. The Labute approximate surface area is 103 Å². The predicted molar refractivity (Wildman–Crippen MR) is 65.9 cm³/mol. The summed E-state index contributed by atoms with van der Waals surface area (Å²) in [5.41, 5.74) is 8.51. The van der Waals surface area contributed by atoms with Crippen molar-refractivity contribution in [3.05, 3.63) is 22.8 Å². The maximum absolute atomic E-state index is 6.01. The van der Waals surface area contributed by atoms with Gasteiger partial charge in [0.25, 0.3) is 0 Å². The van der Waals surface area contributed by atoms with E-state index in [1.807, 2.05) is 16.8 Å². The van der Waals surface area contributed by atoms with E-state index in [2.05, 4.69) is 5.10 Å². The smallest absolute Gasteiger partial charge is 0.117 e. The molecule has 2 N–H and O–H groups in total. The van der Waals surface area contributed by atoms with Gasteiger partial charge in [-0.05, 0) is 25.0 Å². The lowest BCUT2D eigenvalue weighted by Gasteiger charge is -2.23. The highest BCUT2D eigenvalue weighted by Gasteiger charge is 2.47. The van der Waals surface area contributed by atoms with Gasteiger partial charge in [0.15, 0.2) is 0 Å². The monoisotopic (exact) mass is 249 g/mol. The number of aromatic nitrogens is 2. The second kappa shape index (κ2) is 2.94. The fourth-order valence-corrected chi connectivity index (χ4v) is 2.66. The van der Waals surface area contributed by atoms with Crippen LogP contribution in [-0.4, -0.2) is 15.4 Å².